The molecule has 0 aliphatic heterocycles. The standard InChI is InChI=1S/C54H36FN/c55-51-23-13-14-24-54(51)56-52-27-25-41(47-31-43(37-15-5-1-6-16-37)29-44(32-47)38-17-7-2-8-18-38)35-49(52)50-36-42(26-28-53(50)56)48-33-45(39-19-9-3-10-20-39)30-46(34-48)40-21-11-4-12-22-40/h1-36H. The molecule has 56 heavy (non-hydrogen) atoms. The predicted molar refractivity (Wildman–Crippen MR) is 233 cm³/mol. The number of para-hydroxylation sites is 1. The maximum absolute atomic E-state index is 15.7. The van der Waals surface area contributed by atoms with Crippen molar-refractivity contribution in [2.75, 3.05) is 0 Å². The lowest BCUT2D eigenvalue weighted by atomic mass is 9.92. The van der Waals surface area contributed by atoms with Crippen molar-refractivity contribution in [3.63, 3.8) is 0 Å². The minimum Gasteiger partial charge on any atom is -0.306 e. The SMILES string of the molecule is Fc1ccccc1-n1c2ccc(-c3cc(-c4ccccc4)cc(-c4ccccc4)c3)cc2c2cc(-c3cc(-c4ccccc4)cc(-c4ccccc4)c3)ccc21. The molecule has 0 radical (unpaired) electrons. The first kappa shape index (κ1) is 33.3. The Bertz CT molecular complexity index is 2700. The van der Waals surface area contributed by atoms with Gasteiger partial charge in [0.15, 0.2) is 0 Å². The molecular formula is C54H36FN. The van der Waals surface area contributed by atoms with Crippen LogP contribution in [0.5, 0.6) is 0 Å². The number of hydrogen-bond acceptors (Lipinski definition) is 0. The third-order valence-corrected chi connectivity index (χ3v) is 10.8. The Morgan fingerprint density at radius 3 is 0.893 bits per heavy atom. The molecule has 264 valence electrons. The molecule has 0 amide bonds. The number of hydrogen-bond donors (Lipinski definition) is 0. The second kappa shape index (κ2) is 14.2. The van der Waals surface area contributed by atoms with E-state index in [4.69, 9.17) is 0 Å². The van der Waals surface area contributed by atoms with Gasteiger partial charge in [-0.05, 0) is 140 Å². The first-order valence-electron chi connectivity index (χ1n) is 19.0. The predicted octanol–water partition coefficient (Wildman–Crippen LogP) is 14.9. The number of aromatic nitrogens is 1. The lowest BCUT2D eigenvalue weighted by Gasteiger charge is -2.12. The van der Waals surface area contributed by atoms with Crippen LogP contribution in [0, 0.1) is 5.82 Å². The van der Waals surface area contributed by atoms with Gasteiger partial charge >= 0.3 is 0 Å². The Morgan fingerprint density at radius 1 is 0.250 bits per heavy atom. The minimum atomic E-state index is -0.259. The molecule has 0 bridgehead atoms. The highest BCUT2D eigenvalue weighted by Crippen LogP contribution is 2.41. The largest absolute Gasteiger partial charge is 0.306 e. The van der Waals surface area contributed by atoms with Crippen molar-refractivity contribution < 1.29 is 4.39 Å². The van der Waals surface area contributed by atoms with E-state index in [-0.39, 0.29) is 5.82 Å². The van der Waals surface area contributed by atoms with Crippen LogP contribution < -0.4 is 0 Å². The summed E-state index contributed by atoms with van der Waals surface area (Å²) in [5, 5.41) is 2.13. The Morgan fingerprint density at radius 2 is 0.554 bits per heavy atom. The maximum atomic E-state index is 15.7. The lowest BCUT2D eigenvalue weighted by Crippen LogP contribution is -1.97. The minimum absolute atomic E-state index is 0.259. The molecule has 0 aliphatic carbocycles. The molecule has 0 spiro atoms. The van der Waals surface area contributed by atoms with Crippen molar-refractivity contribution in [2.24, 2.45) is 0 Å². The van der Waals surface area contributed by atoms with E-state index in [2.05, 4.69) is 199 Å². The highest BCUT2D eigenvalue weighted by molar-refractivity contribution is 6.12. The summed E-state index contributed by atoms with van der Waals surface area (Å²) in [5.41, 5.74) is 16.2. The van der Waals surface area contributed by atoms with Crippen LogP contribution in [0.25, 0.3) is 94.3 Å². The molecule has 10 aromatic rings. The van der Waals surface area contributed by atoms with Gasteiger partial charge in [0.05, 0.1) is 16.7 Å². The Labute approximate surface area is 326 Å². The van der Waals surface area contributed by atoms with E-state index in [9.17, 15) is 0 Å². The zero-order valence-corrected chi connectivity index (χ0v) is 30.6. The summed E-state index contributed by atoms with van der Waals surface area (Å²) in [4.78, 5) is 0. The Balaban J connectivity index is 1.20. The highest BCUT2D eigenvalue weighted by Gasteiger charge is 2.18. The molecule has 0 saturated heterocycles. The smallest absolute Gasteiger partial charge is 0.147 e. The van der Waals surface area contributed by atoms with Crippen LogP contribution >= 0.6 is 0 Å². The van der Waals surface area contributed by atoms with Gasteiger partial charge in [-0.2, -0.15) is 0 Å². The van der Waals surface area contributed by atoms with Crippen molar-refractivity contribution in [3.8, 4) is 72.4 Å². The summed E-state index contributed by atoms with van der Waals surface area (Å²) in [6, 6.07) is 76.2. The summed E-state index contributed by atoms with van der Waals surface area (Å²) in [6.07, 6.45) is 0. The van der Waals surface area contributed by atoms with E-state index >= 15 is 4.39 Å². The second-order valence-corrected chi connectivity index (χ2v) is 14.3. The van der Waals surface area contributed by atoms with Crippen molar-refractivity contribution in [3.05, 3.63) is 224 Å². The lowest BCUT2D eigenvalue weighted by molar-refractivity contribution is 0.621. The molecule has 10 rings (SSSR count). The molecule has 1 nitrogen and oxygen atoms in total. The van der Waals surface area contributed by atoms with Crippen LogP contribution in [-0.4, -0.2) is 4.57 Å². The molecule has 0 atom stereocenters. The molecule has 0 aliphatic rings. The van der Waals surface area contributed by atoms with Crippen molar-refractivity contribution in [1.29, 1.82) is 0 Å². The number of rotatable bonds is 7. The highest BCUT2D eigenvalue weighted by atomic mass is 19.1. The van der Waals surface area contributed by atoms with Gasteiger partial charge < -0.3 is 4.57 Å². The number of benzene rings is 9. The Kier molecular flexibility index (Phi) is 8.42. The first-order valence-corrected chi connectivity index (χ1v) is 19.0. The summed E-state index contributed by atoms with van der Waals surface area (Å²) in [5.74, 6) is -0.259. The van der Waals surface area contributed by atoms with Gasteiger partial charge in [0.25, 0.3) is 0 Å². The monoisotopic (exact) mass is 717 g/mol. The quantitative estimate of drug-likeness (QED) is 0.155. The van der Waals surface area contributed by atoms with Crippen LogP contribution in [0.3, 0.4) is 0 Å². The summed E-state index contributed by atoms with van der Waals surface area (Å²) < 4.78 is 17.8. The number of fused-ring (bicyclic) bond motifs is 3. The molecule has 0 unspecified atom stereocenters. The van der Waals surface area contributed by atoms with Crippen molar-refractivity contribution >= 4 is 21.8 Å². The Hall–Kier alpha value is -7.29. The van der Waals surface area contributed by atoms with Gasteiger partial charge in [0.1, 0.15) is 5.82 Å². The van der Waals surface area contributed by atoms with Gasteiger partial charge in [-0.15, -0.1) is 0 Å². The average Bonchev–Trinajstić information content (AvgIpc) is 3.60. The molecule has 0 saturated carbocycles. The second-order valence-electron chi connectivity index (χ2n) is 14.3. The van der Waals surface area contributed by atoms with E-state index in [0.717, 1.165) is 66.3 Å². The van der Waals surface area contributed by atoms with E-state index in [0.29, 0.717) is 5.69 Å². The van der Waals surface area contributed by atoms with Gasteiger partial charge in [0, 0.05) is 10.8 Å². The summed E-state index contributed by atoms with van der Waals surface area (Å²) in [6.45, 7) is 0. The van der Waals surface area contributed by atoms with E-state index in [1.54, 1.807) is 6.07 Å². The van der Waals surface area contributed by atoms with Gasteiger partial charge in [-0.3, -0.25) is 0 Å². The molecule has 2 heteroatoms. The third-order valence-electron chi connectivity index (χ3n) is 10.8. The fourth-order valence-electron chi connectivity index (χ4n) is 8.05. The zero-order chi connectivity index (χ0) is 37.4. The maximum Gasteiger partial charge on any atom is 0.147 e. The topological polar surface area (TPSA) is 4.93 Å². The van der Waals surface area contributed by atoms with Gasteiger partial charge in [0.2, 0.25) is 0 Å². The fourth-order valence-corrected chi connectivity index (χ4v) is 8.05. The first-order chi connectivity index (χ1) is 27.7. The van der Waals surface area contributed by atoms with E-state index in [1.807, 2.05) is 12.1 Å². The molecule has 9 aromatic carbocycles. The van der Waals surface area contributed by atoms with Gasteiger partial charge in [-0.1, -0.05) is 146 Å². The molecule has 0 fully saturated rings. The molecule has 1 heterocycles. The summed E-state index contributed by atoms with van der Waals surface area (Å²) >= 11 is 0. The van der Waals surface area contributed by atoms with Gasteiger partial charge in [-0.25, -0.2) is 4.39 Å². The van der Waals surface area contributed by atoms with Crippen molar-refractivity contribution in [2.45, 2.75) is 0 Å². The van der Waals surface area contributed by atoms with Crippen LogP contribution in [0.4, 0.5) is 4.39 Å². The number of halogens is 1. The fraction of sp³-hybridized carbons (Fsp3) is 0. The van der Waals surface area contributed by atoms with E-state index in [1.165, 1.54) is 28.3 Å². The molecular weight excluding hydrogens is 682 g/mol. The molecule has 1 aromatic heterocycles. The van der Waals surface area contributed by atoms with Crippen LogP contribution in [0.1, 0.15) is 0 Å². The average molecular weight is 718 g/mol. The summed E-state index contributed by atoms with van der Waals surface area (Å²) in [7, 11) is 0. The zero-order valence-electron chi connectivity index (χ0n) is 30.6. The molecule has 0 N–H and O–H groups in total. The van der Waals surface area contributed by atoms with Crippen LogP contribution in [-0.2, 0) is 0 Å². The normalized spacial score (nSPS) is 11.3. The van der Waals surface area contributed by atoms with Crippen LogP contribution in [0.2, 0.25) is 0 Å². The van der Waals surface area contributed by atoms with Crippen molar-refractivity contribution in [1.82, 2.24) is 4.57 Å². The third kappa shape index (κ3) is 6.18. The number of nitrogens with zero attached hydrogens (tertiary/aromatic N) is 1. The van der Waals surface area contributed by atoms with Crippen LogP contribution in [0.15, 0.2) is 218 Å². The van der Waals surface area contributed by atoms with E-state index < -0.39 is 0 Å².